The van der Waals surface area contributed by atoms with Crippen LogP contribution in [0.1, 0.15) is 54.5 Å². The van der Waals surface area contributed by atoms with Gasteiger partial charge in [0.1, 0.15) is 0 Å². The Morgan fingerprint density at radius 1 is 0.867 bits per heavy atom. The summed E-state index contributed by atoms with van der Waals surface area (Å²) in [6.07, 6.45) is 8.18. The topological polar surface area (TPSA) is 12.9 Å². The number of fused-ring (bicyclic) bond motifs is 5. The van der Waals surface area contributed by atoms with E-state index in [0.717, 1.165) is 12.1 Å². The van der Waals surface area contributed by atoms with E-state index in [1.54, 1.807) is 11.1 Å². The second-order valence-corrected chi connectivity index (χ2v) is 9.60. The van der Waals surface area contributed by atoms with Crippen molar-refractivity contribution in [3.63, 3.8) is 0 Å². The van der Waals surface area contributed by atoms with Crippen molar-refractivity contribution < 1.29 is 0 Å². The third kappa shape index (κ3) is 3.31. The van der Waals surface area contributed by atoms with E-state index in [1.807, 2.05) is 6.20 Å². The van der Waals surface area contributed by atoms with Gasteiger partial charge in [-0.2, -0.15) is 0 Å². The van der Waals surface area contributed by atoms with Gasteiger partial charge in [-0.3, -0.25) is 4.98 Å². The number of rotatable bonds is 3. The molecule has 0 saturated heterocycles. The fourth-order valence-corrected chi connectivity index (χ4v) is 5.47. The largest absolute Gasteiger partial charge is 0.256 e. The van der Waals surface area contributed by atoms with Crippen molar-refractivity contribution in [3.05, 3.63) is 76.5 Å². The molecule has 0 N–H and O–H groups in total. The molecule has 0 bridgehead atoms. The highest BCUT2D eigenvalue weighted by Gasteiger charge is 2.19. The summed E-state index contributed by atoms with van der Waals surface area (Å²) in [6.45, 7) is 9.02. The van der Waals surface area contributed by atoms with Gasteiger partial charge in [0.2, 0.25) is 0 Å². The summed E-state index contributed by atoms with van der Waals surface area (Å²) in [4.78, 5) is 4.91. The van der Waals surface area contributed by atoms with Gasteiger partial charge in [-0.1, -0.05) is 49.2 Å². The minimum Gasteiger partial charge on any atom is -0.256 e. The van der Waals surface area contributed by atoms with E-state index in [4.69, 9.17) is 4.98 Å². The van der Waals surface area contributed by atoms with Crippen molar-refractivity contribution in [2.75, 3.05) is 0 Å². The molecule has 1 nitrogen and oxygen atoms in total. The molecular weight excluding hydrogens is 362 g/mol. The van der Waals surface area contributed by atoms with Gasteiger partial charge >= 0.3 is 0 Å². The lowest BCUT2D eigenvalue weighted by Crippen LogP contribution is -2.06. The number of aromatic nitrogens is 1. The summed E-state index contributed by atoms with van der Waals surface area (Å²) in [7, 11) is 0. The Kier molecular flexibility index (Phi) is 4.85. The van der Waals surface area contributed by atoms with Crippen molar-refractivity contribution in [1.29, 1.82) is 0 Å². The normalized spacial score (nSPS) is 13.9. The number of hydrogen-bond donors (Lipinski definition) is 0. The maximum absolute atomic E-state index is 4.91. The van der Waals surface area contributed by atoms with Crippen LogP contribution in [0.15, 0.2) is 48.7 Å². The van der Waals surface area contributed by atoms with Crippen LogP contribution in [0.4, 0.5) is 0 Å². The Balaban J connectivity index is 1.90. The Morgan fingerprint density at radius 3 is 2.40 bits per heavy atom. The van der Waals surface area contributed by atoms with Crippen LogP contribution in [0.3, 0.4) is 0 Å². The summed E-state index contributed by atoms with van der Waals surface area (Å²) in [6, 6.07) is 16.2. The summed E-state index contributed by atoms with van der Waals surface area (Å²) in [5.41, 5.74) is 9.62. The number of hydrogen-bond acceptors (Lipinski definition) is 1. The highest BCUT2D eigenvalue weighted by atomic mass is 14.7. The maximum atomic E-state index is 4.91. The molecule has 0 unspecified atom stereocenters. The third-order valence-electron chi connectivity index (χ3n) is 6.56. The van der Waals surface area contributed by atoms with E-state index in [0.29, 0.717) is 5.92 Å². The van der Waals surface area contributed by atoms with Gasteiger partial charge < -0.3 is 0 Å². The van der Waals surface area contributed by atoms with E-state index in [1.165, 1.54) is 69.5 Å². The molecule has 0 amide bonds. The molecule has 3 aromatic carbocycles. The Bertz CT molecular complexity index is 1240. The van der Waals surface area contributed by atoms with Crippen LogP contribution >= 0.6 is 0 Å². The van der Waals surface area contributed by atoms with Crippen molar-refractivity contribution in [2.24, 2.45) is 5.92 Å². The highest BCUT2D eigenvalue weighted by molar-refractivity contribution is 6.15. The van der Waals surface area contributed by atoms with E-state index < -0.39 is 0 Å². The van der Waals surface area contributed by atoms with Crippen LogP contribution in [0.25, 0.3) is 32.8 Å². The molecule has 0 radical (unpaired) electrons. The standard InChI is InChI=1S/C29H31N/c1-18(2)13-23-17-22-11-12-30-29(24-15-19(3)14-20(4)16-24)28(22)26-10-9-21-7-5-6-8-25(21)27(23)26/h9-12,14-18H,5-8,13H2,1-4H3. The number of benzene rings is 3. The second-order valence-electron chi connectivity index (χ2n) is 9.60. The molecule has 0 fully saturated rings. The van der Waals surface area contributed by atoms with Gasteiger partial charge in [-0.15, -0.1) is 0 Å². The zero-order valence-corrected chi connectivity index (χ0v) is 18.7. The highest BCUT2D eigenvalue weighted by Crippen LogP contribution is 2.40. The van der Waals surface area contributed by atoms with Crippen LogP contribution in [0.2, 0.25) is 0 Å². The quantitative estimate of drug-likeness (QED) is 0.324. The van der Waals surface area contributed by atoms with Crippen LogP contribution in [-0.2, 0) is 19.3 Å². The first kappa shape index (κ1) is 19.3. The van der Waals surface area contributed by atoms with Gasteiger partial charge in [0, 0.05) is 17.1 Å². The van der Waals surface area contributed by atoms with Crippen molar-refractivity contribution in [1.82, 2.24) is 4.98 Å². The summed E-state index contributed by atoms with van der Waals surface area (Å²) in [5.74, 6) is 0.644. The van der Waals surface area contributed by atoms with Gasteiger partial charge in [0.15, 0.2) is 0 Å². The third-order valence-corrected chi connectivity index (χ3v) is 6.56. The second kappa shape index (κ2) is 7.54. The van der Waals surface area contributed by atoms with E-state index in [-0.39, 0.29) is 0 Å². The number of pyridine rings is 1. The van der Waals surface area contributed by atoms with E-state index in [2.05, 4.69) is 70.2 Å². The first-order chi connectivity index (χ1) is 14.5. The number of nitrogens with zero attached hydrogens (tertiary/aromatic N) is 1. The number of aryl methyl sites for hydroxylation is 4. The summed E-state index contributed by atoms with van der Waals surface area (Å²) < 4.78 is 0. The fourth-order valence-electron chi connectivity index (χ4n) is 5.47. The minimum absolute atomic E-state index is 0.644. The molecule has 30 heavy (non-hydrogen) atoms. The molecule has 0 atom stereocenters. The molecule has 5 rings (SSSR count). The lowest BCUT2D eigenvalue weighted by molar-refractivity contribution is 0.648. The van der Waals surface area contributed by atoms with Gasteiger partial charge in [-0.25, -0.2) is 0 Å². The Labute approximate surface area is 180 Å². The predicted octanol–water partition coefficient (Wildman–Crippen LogP) is 7.75. The molecule has 1 heteroatoms. The van der Waals surface area contributed by atoms with Gasteiger partial charge in [-0.05, 0) is 103 Å². The Morgan fingerprint density at radius 2 is 1.63 bits per heavy atom. The minimum atomic E-state index is 0.644. The average molecular weight is 394 g/mol. The molecule has 152 valence electrons. The molecule has 4 aromatic rings. The van der Waals surface area contributed by atoms with Crippen LogP contribution in [0, 0.1) is 19.8 Å². The van der Waals surface area contributed by atoms with Crippen molar-refractivity contribution in [2.45, 2.75) is 59.8 Å². The predicted molar refractivity (Wildman–Crippen MR) is 129 cm³/mol. The van der Waals surface area contributed by atoms with Crippen LogP contribution in [0.5, 0.6) is 0 Å². The van der Waals surface area contributed by atoms with Crippen molar-refractivity contribution in [3.8, 4) is 11.3 Å². The SMILES string of the molecule is Cc1cc(C)cc(-c2nccc3cc(CC(C)C)c4c5c(ccc4c23)CCCC5)c1. The molecule has 1 aliphatic carbocycles. The Hall–Kier alpha value is -2.67. The molecule has 1 aliphatic rings. The van der Waals surface area contributed by atoms with Gasteiger partial charge in [0.05, 0.1) is 5.69 Å². The summed E-state index contributed by atoms with van der Waals surface area (Å²) in [5, 5.41) is 5.55. The van der Waals surface area contributed by atoms with Crippen LogP contribution in [-0.4, -0.2) is 4.98 Å². The van der Waals surface area contributed by atoms with Crippen molar-refractivity contribution >= 4 is 21.5 Å². The van der Waals surface area contributed by atoms with Crippen LogP contribution < -0.4 is 0 Å². The van der Waals surface area contributed by atoms with E-state index in [9.17, 15) is 0 Å². The molecule has 0 aliphatic heterocycles. The summed E-state index contributed by atoms with van der Waals surface area (Å²) >= 11 is 0. The zero-order valence-electron chi connectivity index (χ0n) is 18.7. The zero-order chi connectivity index (χ0) is 20.8. The molecular formula is C29H31N. The molecule has 1 heterocycles. The lowest BCUT2D eigenvalue weighted by Gasteiger charge is -2.22. The van der Waals surface area contributed by atoms with E-state index >= 15 is 0 Å². The lowest BCUT2D eigenvalue weighted by atomic mass is 9.82. The molecule has 0 spiro atoms. The first-order valence-corrected chi connectivity index (χ1v) is 11.4. The fraction of sp³-hybridized carbons (Fsp3) is 0.345. The smallest absolute Gasteiger partial charge is 0.0786 e. The van der Waals surface area contributed by atoms with Gasteiger partial charge in [0.25, 0.3) is 0 Å². The average Bonchev–Trinajstić information content (AvgIpc) is 2.71. The molecule has 1 aromatic heterocycles. The maximum Gasteiger partial charge on any atom is 0.0786 e. The molecule has 0 saturated carbocycles. The first-order valence-electron chi connectivity index (χ1n) is 11.4. The monoisotopic (exact) mass is 393 g/mol.